The Morgan fingerprint density at radius 3 is 1.12 bits per heavy atom. The normalized spacial score (nSPS) is 14.1. The van der Waals surface area contributed by atoms with Crippen LogP contribution in [-0.4, -0.2) is 23.7 Å². The molecule has 5 rings (SSSR count). The molecule has 0 aliphatic carbocycles. The molecule has 0 bridgehead atoms. The summed E-state index contributed by atoms with van der Waals surface area (Å²) in [6.45, 7) is 6.32. The lowest BCUT2D eigenvalue weighted by atomic mass is 9.13. The maximum absolute atomic E-state index is 4.19. The van der Waals surface area contributed by atoms with Gasteiger partial charge in [-0.2, -0.15) is 21.9 Å². The second kappa shape index (κ2) is 10.5. The lowest BCUT2D eigenvalue weighted by Gasteiger charge is -2.44. The molecule has 0 atom stereocenters. The third-order valence-electron chi connectivity index (χ3n) is 6.54. The van der Waals surface area contributed by atoms with E-state index in [2.05, 4.69) is 152 Å². The third kappa shape index (κ3) is 4.94. The monoisotopic (exact) mass is 444 g/mol. The number of aliphatic imine (C=N–C) groups is 1. The largest absolute Gasteiger partial charge is 0.291 e. The first-order valence-electron chi connectivity index (χ1n) is 12.1. The number of nitrogens with zero attached hydrogens (tertiary/aromatic N) is 1. The zero-order valence-electron chi connectivity index (χ0n) is 20.4. The lowest BCUT2D eigenvalue weighted by Crippen LogP contribution is -2.83. The number of nitrogens with one attached hydrogen (secondary N) is 1. The molecule has 34 heavy (non-hydrogen) atoms. The smallest absolute Gasteiger partial charge is 0.263 e. The van der Waals surface area contributed by atoms with Crippen molar-refractivity contribution in [2.24, 2.45) is 4.99 Å². The Labute approximate surface area is 204 Å². The van der Waals surface area contributed by atoms with Crippen molar-refractivity contribution in [3.05, 3.63) is 121 Å². The molecule has 1 aliphatic rings. The number of benzene rings is 4. The van der Waals surface area contributed by atoms with Gasteiger partial charge in [-0.05, 0) is 13.8 Å². The lowest BCUT2D eigenvalue weighted by molar-refractivity contribution is -0.515. The first kappa shape index (κ1) is 23.4. The molecule has 3 heteroatoms. The van der Waals surface area contributed by atoms with Gasteiger partial charge in [-0.3, -0.25) is 4.99 Å². The highest BCUT2D eigenvalue weighted by Crippen LogP contribution is 2.09. The zero-order chi connectivity index (χ0) is 23.9. The van der Waals surface area contributed by atoms with Crippen LogP contribution in [0.2, 0.25) is 0 Å². The van der Waals surface area contributed by atoms with E-state index in [9.17, 15) is 0 Å². The highest BCUT2D eigenvalue weighted by atomic mass is 15.0. The number of rotatable bonds is 5. The molecule has 1 aliphatic heterocycles. The van der Waals surface area contributed by atoms with E-state index < -0.39 is 6.15 Å². The fraction of sp³-hybridized carbons (Fsp3) is 0.161. The molecule has 0 saturated carbocycles. The summed E-state index contributed by atoms with van der Waals surface area (Å²) in [5.41, 5.74) is 5.44. The number of hydrogen-bond donors (Lipinski definition) is 1. The molecule has 0 spiro atoms. The van der Waals surface area contributed by atoms with Crippen LogP contribution in [0.3, 0.4) is 0 Å². The quantitative estimate of drug-likeness (QED) is 0.459. The van der Waals surface area contributed by atoms with E-state index in [0.717, 1.165) is 12.3 Å². The van der Waals surface area contributed by atoms with Gasteiger partial charge in [-0.15, -0.1) is 0 Å². The molecular formula is C31H33BN2. The number of amidine groups is 1. The van der Waals surface area contributed by atoms with Crippen LogP contribution in [0.5, 0.6) is 0 Å². The molecule has 0 amide bonds. The summed E-state index contributed by atoms with van der Waals surface area (Å²) in [5, 5.41) is 0. The van der Waals surface area contributed by atoms with Crippen molar-refractivity contribution in [3.8, 4) is 0 Å². The standard InChI is InChI=1S/C24H20B.C7H12N2/c1-5-13-21(14-6-1)25(22-15-7-2-8-16-22,23-17-9-3-10-18-23)24-19-11-4-12-20-24;1-4-6-8-5-7(2,3)9-6/h1-20H;5H,4H2,1-3H3/q-1;/p+1. The van der Waals surface area contributed by atoms with Crippen LogP contribution in [0.1, 0.15) is 27.2 Å². The average molecular weight is 444 g/mol. The Morgan fingerprint density at radius 2 is 0.912 bits per heavy atom. The van der Waals surface area contributed by atoms with Gasteiger partial charge in [0.05, 0.1) is 0 Å². The molecule has 170 valence electrons. The first-order chi connectivity index (χ1) is 16.6. The van der Waals surface area contributed by atoms with Gasteiger partial charge in [0.2, 0.25) is 0 Å². The Kier molecular flexibility index (Phi) is 7.23. The molecule has 0 fully saturated rings. The minimum atomic E-state index is -1.22. The van der Waals surface area contributed by atoms with Gasteiger partial charge in [0.15, 0.2) is 11.8 Å². The molecule has 0 radical (unpaired) electrons. The van der Waals surface area contributed by atoms with Crippen LogP contribution < -0.4 is 26.8 Å². The molecule has 1 heterocycles. The molecule has 4 aromatic carbocycles. The molecule has 2 nitrogen and oxygen atoms in total. The maximum Gasteiger partial charge on any atom is 0.291 e. The van der Waals surface area contributed by atoms with E-state index in [1.807, 2.05) is 6.21 Å². The van der Waals surface area contributed by atoms with Crippen molar-refractivity contribution in [1.29, 1.82) is 0 Å². The molecule has 4 aromatic rings. The minimum Gasteiger partial charge on any atom is -0.263 e. The van der Waals surface area contributed by atoms with E-state index in [1.54, 1.807) is 0 Å². The molecule has 0 saturated heterocycles. The van der Waals surface area contributed by atoms with E-state index in [1.165, 1.54) is 21.9 Å². The van der Waals surface area contributed by atoms with E-state index >= 15 is 0 Å². The van der Waals surface area contributed by atoms with Gasteiger partial charge < -0.3 is 0 Å². The van der Waals surface area contributed by atoms with Crippen molar-refractivity contribution < 1.29 is 4.99 Å². The predicted molar refractivity (Wildman–Crippen MR) is 149 cm³/mol. The van der Waals surface area contributed by atoms with Crippen molar-refractivity contribution in [2.75, 3.05) is 0 Å². The second-order valence-corrected chi connectivity index (χ2v) is 9.41. The highest BCUT2D eigenvalue weighted by molar-refractivity contribution is 7.19. The van der Waals surface area contributed by atoms with Gasteiger partial charge in [0.1, 0.15) is 6.15 Å². The average Bonchev–Trinajstić information content (AvgIpc) is 3.26. The molecule has 0 aromatic heterocycles. The van der Waals surface area contributed by atoms with Crippen LogP contribution in [0.15, 0.2) is 126 Å². The Morgan fingerprint density at radius 1 is 0.588 bits per heavy atom. The van der Waals surface area contributed by atoms with Gasteiger partial charge in [-0.1, -0.05) is 133 Å². The van der Waals surface area contributed by atoms with E-state index in [4.69, 9.17) is 0 Å². The van der Waals surface area contributed by atoms with Crippen molar-refractivity contribution in [3.63, 3.8) is 0 Å². The summed E-state index contributed by atoms with van der Waals surface area (Å²) in [5.74, 6) is 1.10. The summed E-state index contributed by atoms with van der Waals surface area (Å²) in [6.07, 6.45) is 1.73. The Balaban J connectivity index is 0.000000257. The third-order valence-corrected chi connectivity index (χ3v) is 6.54. The van der Waals surface area contributed by atoms with Gasteiger partial charge in [0.25, 0.3) is 5.84 Å². The summed E-state index contributed by atoms with van der Waals surface area (Å²) in [4.78, 5) is 7.46. The van der Waals surface area contributed by atoms with E-state index in [0.29, 0.717) is 0 Å². The van der Waals surface area contributed by atoms with Crippen molar-refractivity contribution in [1.82, 2.24) is 0 Å². The maximum atomic E-state index is 4.19. The Hall–Kier alpha value is -3.72. The van der Waals surface area contributed by atoms with Crippen molar-refractivity contribution >= 4 is 40.0 Å². The van der Waals surface area contributed by atoms with Crippen molar-refractivity contribution in [2.45, 2.75) is 32.7 Å². The SMILES string of the molecule is CCC1=[NH+]C(C)(C)C=N1.c1ccc([B-](c2ccccc2)(c2ccccc2)c2ccccc2)cc1. The Bertz CT molecular complexity index is 1070. The predicted octanol–water partition coefficient (Wildman–Crippen LogP) is 2.80. The van der Waals surface area contributed by atoms with Crippen LogP contribution in [-0.2, 0) is 0 Å². The fourth-order valence-corrected chi connectivity index (χ4v) is 4.98. The van der Waals surface area contributed by atoms with Crippen LogP contribution >= 0.6 is 0 Å². The topological polar surface area (TPSA) is 26.3 Å². The second-order valence-electron chi connectivity index (χ2n) is 9.41. The van der Waals surface area contributed by atoms with Crippen LogP contribution in [0, 0.1) is 0 Å². The molecule has 0 unspecified atom stereocenters. The highest BCUT2D eigenvalue weighted by Gasteiger charge is 2.31. The number of hydrogen-bond acceptors (Lipinski definition) is 1. The summed E-state index contributed by atoms with van der Waals surface area (Å²) in [6, 6.07) is 43.5. The van der Waals surface area contributed by atoms with E-state index in [-0.39, 0.29) is 5.54 Å². The van der Waals surface area contributed by atoms with Gasteiger partial charge in [-0.25, -0.2) is 0 Å². The summed E-state index contributed by atoms with van der Waals surface area (Å²) >= 11 is 0. The molecule has 1 N–H and O–H groups in total. The van der Waals surface area contributed by atoms with Gasteiger partial charge in [0, 0.05) is 6.42 Å². The first-order valence-corrected chi connectivity index (χ1v) is 12.1. The van der Waals surface area contributed by atoms with Crippen LogP contribution in [0.4, 0.5) is 0 Å². The summed E-state index contributed by atoms with van der Waals surface area (Å²) < 4.78 is 0. The van der Waals surface area contributed by atoms with Crippen LogP contribution in [0.25, 0.3) is 0 Å². The zero-order valence-corrected chi connectivity index (χ0v) is 20.4. The van der Waals surface area contributed by atoms with Gasteiger partial charge >= 0.3 is 0 Å². The summed E-state index contributed by atoms with van der Waals surface area (Å²) in [7, 11) is 0. The fourth-order valence-electron chi connectivity index (χ4n) is 4.98. The molecular weight excluding hydrogens is 411 g/mol. The minimum absolute atomic E-state index is 0.0886.